The summed E-state index contributed by atoms with van der Waals surface area (Å²) in [6.07, 6.45) is 2.42. The number of nitrogens with one attached hydrogen (secondary N) is 1. The number of fused-ring (bicyclic) bond motifs is 2. The van der Waals surface area contributed by atoms with E-state index in [9.17, 15) is 9.59 Å². The molecule has 1 fully saturated rings. The average molecular weight is 372 g/mol. The Morgan fingerprint density at radius 1 is 1.19 bits per heavy atom. The molecular formula is C20H24N2O5. The Bertz CT molecular complexity index is 901. The van der Waals surface area contributed by atoms with Crippen molar-refractivity contribution in [2.75, 3.05) is 26.4 Å². The molecule has 2 aliphatic rings. The molecule has 144 valence electrons. The minimum atomic E-state index is -0.194. The standard InChI is InChI=1S/C20H24N2O5/c1-2-19(23)22(12-15-4-3-5-25-15)11-14-8-13-9-17-18(27-7-6-26-17)10-16(13)21-20(14)24/h8-10,15H,2-7,11-12H2,1H3,(H,21,24). The molecule has 0 aliphatic carbocycles. The first-order chi connectivity index (χ1) is 13.1. The van der Waals surface area contributed by atoms with E-state index in [-0.39, 0.29) is 24.1 Å². The van der Waals surface area contributed by atoms with Gasteiger partial charge in [-0.3, -0.25) is 9.59 Å². The topological polar surface area (TPSA) is 80.9 Å². The van der Waals surface area contributed by atoms with Crippen LogP contribution >= 0.6 is 0 Å². The fraction of sp³-hybridized carbons (Fsp3) is 0.500. The van der Waals surface area contributed by atoms with Gasteiger partial charge in [-0.1, -0.05) is 6.92 Å². The number of rotatable bonds is 5. The van der Waals surface area contributed by atoms with E-state index in [1.54, 1.807) is 11.0 Å². The Balaban J connectivity index is 1.63. The second-order valence-electron chi connectivity index (χ2n) is 6.97. The van der Waals surface area contributed by atoms with Crippen molar-refractivity contribution < 1.29 is 19.0 Å². The van der Waals surface area contributed by atoms with Crippen LogP contribution in [-0.2, 0) is 16.1 Å². The summed E-state index contributed by atoms with van der Waals surface area (Å²) in [5.41, 5.74) is 1.06. The number of H-pyrrole nitrogens is 1. The molecule has 7 heteroatoms. The molecule has 27 heavy (non-hydrogen) atoms. The van der Waals surface area contributed by atoms with Gasteiger partial charge in [-0.2, -0.15) is 0 Å². The molecule has 1 aromatic heterocycles. The van der Waals surface area contributed by atoms with E-state index in [2.05, 4.69) is 4.98 Å². The maximum atomic E-state index is 12.6. The van der Waals surface area contributed by atoms with E-state index in [4.69, 9.17) is 14.2 Å². The van der Waals surface area contributed by atoms with Crippen molar-refractivity contribution >= 4 is 16.8 Å². The van der Waals surface area contributed by atoms with Gasteiger partial charge in [0, 0.05) is 36.6 Å². The summed E-state index contributed by atoms with van der Waals surface area (Å²) in [5.74, 6) is 1.33. The predicted octanol–water partition coefficient (Wildman–Crippen LogP) is 2.22. The number of ether oxygens (including phenoxy) is 3. The van der Waals surface area contributed by atoms with Crippen LogP contribution in [0, 0.1) is 0 Å². The molecule has 3 heterocycles. The number of pyridine rings is 1. The van der Waals surface area contributed by atoms with Gasteiger partial charge in [0.1, 0.15) is 13.2 Å². The van der Waals surface area contributed by atoms with Crippen molar-refractivity contribution in [2.24, 2.45) is 0 Å². The first-order valence-electron chi connectivity index (χ1n) is 9.49. The summed E-state index contributed by atoms with van der Waals surface area (Å²) in [4.78, 5) is 29.6. The highest BCUT2D eigenvalue weighted by molar-refractivity contribution is 5.83. The van der Waals surface area contributed by atoms with E-state index >= 15 is 0 Å². The highest BCUT2D eigenvalue weighted by Gasteiger charge is 2.23. The number of aromatic nitrogens is 1. The van der Waals surface area contributed by atoms with Crippen LogP contribution in [0.1, 0.15) is 31.7 Å². The molecular weight excluding hydrogens is 348 g/mol. The summed E-state index contributed by atoms with van der Waals surface area (Å²) < 4.78 is 16.9. The summed E-state index contributed by atoms with van der Waals surface area (Å²) in [6.45, 7) is 4.37. The first kappa shape index (κ1) is 17.9. The third-order valence-corrected chi connectivity index (χ3v) is 5.05. The lowest BCUT2D eigenvalue weighted by atomic mass is 10.1. The second-order valence-corrected chi connectivity index (χ2v) is 6.97. The summed E-state index contributed by atoms with van der Waals surface area (Å²) in [5, 5.41) is 0.856. The van der Waals surface area contributed by atoms with Gasteiger partial charge in [0.05, 0.1) is 18.2 Å². The summed E-state index contributed by atoms with van der Waals surface area (Å²) in [7, 11) is 0. The molecule has 1 amide bonds. The number of amides is 1. The Labute approximate surface area is 157 Å². The molecule has 1 unspecified atom stereocenters. The molecule has 7 nitrogen and oxygen atoms in total. The maximum Gasteiger partial charge on any atom is 0.253 e. The molecule has 0 radical (unpaired) electrons. The van der Waals surface area contributed by atoms with E-state index < -0.39 is 0 Å². The van der Waals surface area contributed by atoms with Crippen molar-refractivity contribution in [2.45, 2.75) is 38.8 Å². The van der Waals surface area contributed by atoms with Gasteiger partial charge in [-0.15, -0.1) is 0 Å². The Morgan fingerprint density at radius 3 is 2.67 bits per heavy atom. The first-order valence-corrected chi connectivity index (χ1v) is 9.49. The molecule has 2 aromatic rings. The molecule has 1 saturated heterocycles. The smallest absolute Gasteiger partial charge is 0.253 e. The summed E-state index contributed by atoms with van der Waals surface area (Å²) in [6, 6.07) is 5.49. The predicted molar refractivity (Wildman–Crippen MR) is 100 cm³/mol. The number of carbonyl (C=O) groups excluding carboxylic acids is 1. The molecule has 0 saturated carbocycles. The van der Waals surface area contributed by atoms with Gasteiger partial charge < -0.3 is 24.1 Å². The zero-order valence-corrected chi connectivity index (χ0v) is 15.5. The molecule has 0 spiro atoms. The number of hydrogen-bond donors (Lipinski definition) is 1. The third kappa shape index (κ3) is 3.78. The van der Waals surface area contributed by atoms with Crippen molar-refractivity contribution in [1.82, 2.24) is 9.88 Å². The fourth-order valence-corrected chi connectivity index (χ4v) is 3.62. The van der Waals surface area contributed by atoms with Crippen LogP contribution in [0.25, 0.3) is 10.9 Å². The lowest BCUT2D eigenvalue weighted by Crippen LogP contribution is -2.37. The van der Waals surface area contributed by atoms with Crippen LogP contribution in [0.2, 0.25) is 0 Å². The van der Waals surface area contributed by atoms with Gasteiger partial charge in [0.15, 0.2) is 11.5 Å². The van der Waals surface area contributed by atoms with E-state index in [0.29, 0.717) is 48.8 Å². The average Bonchev–Trinajstić information content (AvgIpc) is 3.19. The molecule has 0 bridgehead atoms. The van der Waals surface area contributed by atoms with Crippen LogP contribution in [-0.4, -0.2) is 48.3 Å². The van der Waals surface area contributed by atoms with Crippen LogP contribution in [0.15, 0.2) is 23.0 Å². The Hall–Kier alpha value is -2.54. The van der Waals surface area contributed by atoms with Crippen LogP contribution in [0.3, 0.4) is 0 Å². The highest BCUT2D eigenvalue weighted by Crippen LogP contribution is 2.33. The van der Waals surface area contributed by atoms with Crippen LogP contribution in [0.4, 0.5) is 0 Å². The lowest BCUT2D eigenvalue weighted by molar-refractivity contribution is -0.133. The monoisotopic (exact) mass is 372 g/mol. The molecule has 1 aromatic carbocycles. The third-order valence-electron chi connectivity index (χ3n) is 5.05. The fourth-order valence-electron chi connectivity index (χ4n) is 3.62. The number of aromatic amines is 1. The van der Waals surface area contributed by atoms with Gasteiger partial charge >= 0.3 is 0 Å². The van der Waals surface area contributed by atoms with Gasteiger partial charge in [-0.05, 0) is 25.0 Å². The van der Waals surface area contributed by atoms with Crippen molar-refractivity contribution in [1.29, 1.82) is 0 Å². The number of carbonyl (C=O) groups is 1. The zero-order valence-electron chi connectivity index (χ0n) is 15.5. The molecule has 1 N–H and O–H groups in total. The maximum absolute atomic E-state index is 12.6. The van der Waals surface area contributed by atoms with Crippen molar-refractivity contribution in [3.63, 3.8) is 0 Å². The zero-order chi connectivity index (χ0) is 18.8. The largest absolute Gasteiger partial charge is 0.486 e. The number of hydrogen-bond acceptors (Lipinski definition) is 5. The minimum Gasteiger partial charge on any atom is -0.486 e. The quantitative estimate of drug-likeness (QED) is 0.870. The lowest BCUT2D eigenvalue weighted by Gasteiger charge is -2.25. The molecule has 2 aliphatic heterocycles. The van der Waals surface area contributed by atoms with Crippen molar-refractivity contribution in [3.8, 4) is 11.5 Å². The van der Waals surface area contributed by atoms with E-state index in [1.807, 2.05) is 19.1 Å². The highest BCUT2D eigenvalue weighted by atomic mass is 16.6. The minimum absolute atomic E-state index is 0.0205. The SMILES string of the molecule is CCC(=O)N(Cc1cc2cc3c(cc2[nH]c1=O)OCCO3)CC1CCCO1. The summed E-state index contributed by atoms with van der Waals surface area (Å²) >= 11 is 0. The van der Waals surface area contributed by atoms with Crippen LogP contribution in [0.5, 0.6) is 11.5 Å². The molecule has 4 rings (SSSR count). The Morgan fingerprint density at radius 2 is 1.96 bits per heavy atom. The van der Waals surface area contributed by atoms with Gasteiger partial charge in [-0.25, -0.2) is 0 Å². The number of nitrogens with zero attached hydrogens (tertiary/aromatic N) is 1. The normalized spacial score (nSPS) is 18.6. The van der Waals surface area contributed by atoms with Gasteiger partial charge in [0.25, 0.3) is 5.56 Å². The molecule has 1 atom stereocenters. The van der Waals surface area contributed by atoms with E-state index in [0.717, 1.165) is 24.8 Å². The Kier molecular flexibility index (Phi) is 5.03. The van der Waals surface area contributed by atoms with Gasteiger partial charge in [0.2, 0.25) is 5.91 Å². The van der Waals surface area contributed by atoms with E-state index in [1.165, 1.54) is 0 Å². The van der Waals surface area contributed by atoms with Crippen LogP contribution < -0.4 is 15.0 Å². The second kappa shape index (κ2) is 7.60. The number of benzene rings is 1. The van der Waals surface area contributed by atoms with Crippen molar-refractivity contribution in [3.05, 3.63) is 34.1 Å².